The molecule has 7 nitrogen and oxygen atoms in total. The minimum absolute atomic E-state index is 0.149. The summed E-state index contributed by atoms with van der Waals surface area (Å²) in [5, 5.41) is 2.92. The Labute approximate surface area is 207 Å². The Bertz CT molecular complexity index is 959. The van der Waals surface area contributed by atoms with Crippen LogP contribution in [0, 0.1) is 29.6 Å². The lowest BCUT2D eigenvalue weighted by Gasteiger charge is -2.40. The molecule has 3 aliphatic rings. The van der Waals surface area contributed by atoms with Crippen molar-refractivity contribution < 1.29 is 28.6 Å². The zero-order chi connectivity index (χ0) is 25.2. The molecule has 0 aliphatic heterocycles. The number of carbonyl (C=O) groups is 3. The van der Waals surface area contributed by atoms with E-state index in [0.29, 0.717) is 23.8 Å². The second kappa shape index (κ2) is 10.4. The molecule has 0 saturated heterocycles. The van der Waals surface area contributed by atoms with Crippen LogP contribution in [0.2, 0.25) is 0 Å². The first-order valence-corrected chi connectivity index (χ1v) is 12.9. The van der Waals surface area contributed by atoms with Crippen molar-refractivity contribution in [2.24, 2.45) is 29.6 Å². The van der Waals surface area contributed by atoms with Crippen molar-refractivity contribution >= 4 is 18.0 Å². The molecular formula is C28H37NO6. The predicted molar refractivity (Wildman–Crippen MR) is 130 cm³/mol. The highest BCUT2D eigenvalue weighted by Crippen LogP contribution is 2.49. The second-order valence-corrected chi connectivity index (χ2v) is 10.6. The maximum atomic E-state index is 13.4. The highest BCUT2D eigenvalue weighted by Gasteiger charge is 2.65. The summed E-state index contributed by atoms with van der Waals surface area (Å²) in [6.45, 7) is 8.33. The summed E-state index contributed by atoms with van der Waals surface area (Å²) in [6.07, 6.45) is 5.45. The van der Waals surface area contributed by atoms with Crippen LogP contribution in [0.5, 0.6) is 0 Å². The van der Waals surface area contributed by atoms with Gasteiger partial charge in [-0.2, -0.15) is 0 Å². The van der Waals surface area contributed by atoms with Crippen molar-refractivity contribution in [2.45, 2.75) is 71.1 Å². The normalized spacial score (nSPS) is 33.4. The Balaban J connectivity index is 1.58. The van der Waals surface area contributed by atoms with Crippen LogP contribution in [0.4, 0.5) is 4.79 Å². The zero-order valence-electron chi connectivity index (χ0n) is 21.1. The molecule has 3 aliphatic carbocycles. The van der Waals surface area contributed by atoms with Crippen LogP contribution in [0.15, 0.2) is 42.5 Å². The highest BCUT2D eigenvalue weighted by atomic mass is 16.7. The third-order valence-corrected chi connectivity index (χ3v) is 7.94. The molecule has 1 aromatic rings. The molecule has 35 heavy (non-hydrogen) atoms. The maximum Gasteiger partial charge on any atom is 0.508 e. The molecule has 4 rings (SSSR count). The number of esters is 1. The lowest BCUT2D eigenvalue weighted by Crippen LogP contribution is -2.65. The summed E-state index contributed by atoms with van der Waals surface area (Å²) >= 11 is 0. The molecule has 7 atom stereocenters. The van der Waals surface area contributed by atoms with Crippen molar-refractivity contribution in [2.75, 3.05) is 6.61 Å². The number of nitrogens with one attached hydrogen (secondary N) is 1. The van der Waals surface area contributed by atoms with Gasteiger partial charge in [0.25, 0.3) is 5.91 Å². The molecule has 0 spiro atoms. The Morgan fingerprint density at radius 1 is 1.06 bits per heavy atom. The number of carbonyl (C=O) groups excluding carboxylic acids is 3. The van der Waals surface area contributed by atoms with Gasteiger partial charge in [-0.3, -0.25) is 4.79 Å². The molecule has 0 heterocycles. The van der Waals surface area contributed by atoms with E-state index < -0.39 is 29.7 Å². The van der Waals surface area contributed by atoms with Crippen LogP contribution < -0.4 is 5.32 Å². The van der Waals surface area contributed by atoms with Gasteiger partial charge in [-0.1, -0.05) is 57.5 Å². The van der Waals surface area contributed by atoms with Crippen LogP contribution in [-0.4, -0.2) is 42.4 Å². The molecule has 2 saturated carbocycles. The van der Waals surface area contributed by atoms with Crippen molar-refractivity contribution in [3.8, 4) is 0 Å². The lowest BCUT2D eigenvalue weighted by molar-refractivity contribution is -0.158. The quantitative estimate of drug-likeness (QED) is 0.438. The second-order valence-electron chi connectivity index (χ2n) is 10.6. The van der Waals surface area contributed by atoms with Gasteiger partial charge in [0.15, 0.2) is 5.54 Å². The van der Waals surface area contributed by atoms with E-state index in [9.17, 15) is 14.4 Å². The predicted octanol–water partition coefficient (Wildman–Crippen LogP) is 4.91. The fourth-order valence-electron chi connectivity index (χ4n) is 6.11. The standard InChI is InChI=1S/C28H37NO6/c1-5-33-26(31)28(29-25(30)19-9-7-6-8-10-19)21-13-12-20(16-21)24(28)35-27(32)34-23-15-18(4)11-14-22(23)17(2)3/h6-10,12-13,17-18,20-24H,5,11,14-16H2,1-4H3,(H,29,30)/t18-,20+,21-,22+,23-,24+,28-/m0/s1. The van der Waals surface area contributed by atoms with E-state index >= 15 is 0 Å². The van der Waals surface area contributed by atoms with E-state index in [4.69, 9.17) is 14.2 Å². The van der Waals surface area contributed by atoms with Crippen LogP contribution in [0.1, 0.15) is 63.7 Å². The lowest BCUT2D eigenvalue weighted by atomic mass is 9.75. The van der Waals surface area contributed by atoms with Crippen LogP contribution in [-0.2, 0) is 19.0 Å². The molecule has 190 valence electrons. The summed E-state index contributed by atoms with van der Waals surface area (Å²) in [6, 6.07) is 8.69. The van der Waals surface area contributed by atoms with E-state index in [0.717, 1.165) is 19.3 Å². The van der Waals surface area contributed by atoms with Crippen molar-refractivity contribution in [3.05, 3.63) is 48.0 Å². The topological polar surface area (TPSA) is 90.9 Å². The first kappa shape index (κ1) is 25.3. The monoisotopic (exact) mass is 483 g/mol. The Kier molecular flexibility index (Phi) is 7.53. The minimum Gasteiger partial charge on any atom is -0.464 e. The SMILES string of the molecule is CCOC(=O)[C@@]1(NC(=O)c2ccccc2)[C@H](OC(=O)O[C@H]2C[C@@H](C)CC[C@@H]2C(C)C)[C@@H]2C=C[C@H]1C2. The van der Waals surface area contributed by atoms with E-state index in [1.54, 1.807) is 31.2 Å². The zero-order valence-corrected chi connectivity index (χ0v) is 21.1. The fraction of sp³-hybridized carbons (Fsp3) is 0.607. The van der Waals surface area contributed by atoms with Crippen molar-refractivity contribution in [1.82, 2.24) is 5.32 Å². The highest BCUT2D eigenvalue weighted by molar-refractivity contribution is 5.99. The van der Waals surface area contributed by atoms with Crippen LogP contribution >= 0.6 is 0 Å². The Hall–Kier alpha value is -2.83. The number of amides is 1. The van der Waals surface area contributed by atoms with E-state index in [2.05, 4.69) is 26.1 Å². The van der Waals surface area contributed by atoms with E-state index in [1.807, 2.05) is 18.2 Å². The van der Waals surface area contributed by atoms with Gasteiger partial charge in [-0.25, -0.2) is 9.59 Å². The van der Waals surface area contributed by atoms with Gasteiger partial charge in [0.1, 0.15) is 12.2 Å². The summed E-state index contributed by atoms with van der Waals surface area (Å²) < 4.78 is 17.2. The van der Waals surface area contributed by atoms with Crippen LogP contribution in [0.25, 0.3) is 0 Å². The third kappa shape index (κ3) is 4.95. The average Bonchev–Trinajstić information content (AvgIpc) is 3.41. The van der Waals surface area contributed by atoms with Crippen LogP contribution in [0.3, 0.4) is 0 Å². The number of hydrogen-bond acceptors (Lipinski definition) is 6. The number of fused-ring (bicyclic) bond motifs is 2. The summed E-state index contributed by atoms with van der Waals surface area (Å²) in [5.41, 5.74) is -1.08. The average molecular weight is 484 g/mol. The Morgan fingerprint density at radius 2 is 1.80 bits per heavy atom. The summed E-state index contributed by atoms with van der Waals surface area (Å²) in [7, 11) is 0. The molecule has 2 bridgehead atoms. The van der Waals surface area contributed by atoms with Gasteiger partial charge in [0.2, 0.25) is 0 Å². The molecule has 2 fully saturated rings. The minimum atomic E-state index is -1.50. The van der Waals surface area contributed by atoms with E-state index in [1.165, 1.54) is 0 Å². The molecule has 0 unspecified atom stereocenters. The fourth-order valence-corrected chi connectivity index (χ4v) is 6.11. The van der Waals surface area contributed by atoms with Crippen molar-refractivity contribution in [1.29, 1.82) is 0 Å². The largest absolute Gasteiger partial charge is 0.508 e. The van der Waals surface area contributed by atoms with E-state index in [-0.39, 0.29) is 30.5 Å². The maximum absolute atomic E-state index is 13.4. The molecule has 0 aromatic heterocycles. The number of benzene rings is 1. The first-order valence-electron chi connectivity index (χ1n) is 12.9. The number of ether oxygens (including phenoxy) is 3. The summed E-state index contributed by atoms with van der Waals surface area (Å²) in [5.74, 6) is -0.431. The molecule has 1 N–H and O–H groups in total. The molecule has 7 heteroatoms. The Morgan fingerprint density at radius 3 is 2.49 bits per heavy atom. The smallest absolute Gasteiger partial charge is 0.464 e. The first-order chi connectivity index (χ1) is 16.8. The molecule has 0 radical (unpaired) electrons. The van der Waals surface area contributed by atoms with Gasteiger partial charge < -0.3 is 19.5 Å². The van der Waals surface area contributed by atoms with Gasteiger partial charge >= 0.3 is 12.1 Å². The molecule has 1 amide bonds. The van der Waals surface area contributed by atoms with Gasteiger partial charge in [0, 0.05) is 17.4 Å². The number of hydrogen-bond donors (Lipinski definition) is 1. The van der Waals surface area contributed by atoms with Gasteiger partial charge in [-0.15, -0.1) is 0 Å². The van der Waals surface area contributed by atoms with Gasteiger partial charge in [0.05, 0.1) is 6.61 Å². The van der Waals surface area contributed by atoms with Gasteiger partial charge in [-0.05, 0) is 56.1 Å². The molecule has 1 aromatic carbocycles. The third-order valence-electron chi connectivity index (χ3n) is 7.94. The number of rotatable bonds is 7. The molecular weight excluding hydrogens is 446 g/mol. The summed E-state index contributed by atoms with van der Waals surface area (Å²) in [4.78, 5) is 39.7. The van der Waals surface area contributed by atoms with Crippen molar-refractivity contribution in [3.63, 3.8) is 0 Å².